The zero-order chi connectivity index (χ0) is 22.7. The van der Waals surface area contributed by atoms with E-state index in [0.717, 1.165) is 47.9 Å². The zero-order valence-corrected chi connectivity index (χ0v) is 20.6. The number of carbonyl (C=O) groups excluding carboxylic acids is 2. The molecule has 30 heavy (non-hydrogen) atoms. The lowest BCUT2D eigenvalue weighted by Crippen LogP contribution is -2.12. The molecule has 0 radical (unpaired) electrons. The number of benzene rings is 1. The molecule has 0 aliphatic rings. The van der Waals surface area contributed by atoms with E-state index < -0.39 is 0 Å². The molecule has 0 saturated heterocycles. The number of carbonyl (C=O) groups is 2. The highest BCUT2D eigenvalue weighted by atomic mass is 16.1. The highest BCUT2D eigenvalue weighted by Crippen LogP contribution is 2.35. The molecule has 0 fully saturated rings. The molecule has 1 unspecified atom stereocenters. The number of hydrogen-bond acceptors (Lipinski definition) is 2. The van der Waals surface area contributed by atoms with Crippen LogP contribution in [0.15, 0.2) is 17.7 Å². The van der Waals surface area contributed by atoms with Crippen LogP contribution in [0.4, 0.5) is 0 Å². The fraction of sp³-hybridized carbons (Fsp3) is 0.643. The molecule has 0 spiro atoms. The molecule has 0 bridgehead atoms. The minimum absolute atomic E-state index is 0.126. The maximum absolute atomic E-state index is 12.9. The molecule has 1 rings (SSSR count). The number of Topliss-reactive ketones (excluding diaryl/α,β-unsaturated/α-hetero) is 2. The maximum Gasteiger partial charge on any atom is 0.160 e. The third kappa shape index (κ3) is 8.20. The largest absolute Gasteiger partial charge is 0.300 e. The van der Waals surface area contributed by atoms with Gasteiger partial charge < -0.3 is 0 Å². The summed E-state index contributed by atoms with van der Waals surface area (Å²) in [7, 11) is 0. The Kier molecular flexibility index (Phi) is 11.9. The number of allylic oxidation sites excluding steroid dienone is 2. The number of aryl methyl sites for hydroxylation is 3. The van der Waals surface area contributed by atoms with Gasteiger partial charge in [-0.3, -0.25) is 9.59 Å². The summed E-state index contributed by atoms with van der Waals surface area (Å²) in [5, 5.41) is 0. The fourth-order valence-electron chi connectivity index (χ4n) is 4.60. The maximum atomic E-state index is 12.9. The van der Waals surface area contributed by atoms with Crippen LogP contribution in [0.25, 0.3) is 5.57 Å². The summed E-state index contributed by atoms with van der Waals surface area (Å²) < 4.78 is 0. The Morgan fingerprint density at radius 3 is 1.93 bits per heavy atom. The molecule has 1 aromatic carbocycles. The lowest BCUT2D eigenvalue weighted by molar-refractivity contribution is -0.119. The van der Waals surface area contributed by atoms with Gasteiger partial charge in [-0.2, -0.15) is 0 Å². The van der Waals surface area contributed by atoms with E-state index >= 15 is 0 Å². The molecule has 0 saturated carbocycles. The molecule has 0 aliphatic carbocycles. The van der Waals surface area contributed by atoms with Gasteiger partial charge in [0.1, 0.15) is 5.78 Å². The minimum Gasteiger partial charge on any atom is -0.300 e. The van der Waals surface area contributed by atoms with E-state index in [4.69, 9.17) is 0 Å². The molecule has 1 aromatic rings. The van der Waals surface area contributed by atoms with E-state index in [1.54, 1.807) is 6.92 Å². The molecule has 168 valence electrons. The van der Waals surface area contributed by atoms with Crippen molar-refractivity contribution in [2.75, 3.05) is 0 Å². The van der Waals surface area contributed by atoms with Crippen LogP contribution >= 0.6 is 0 Å². The predicted octanol–water partition coefficient (Wildman–Crippen LogP) is 8.10. The Hall–Kier alpha value is -1.70. The van der Waals surface area contributed by atoms with Crippen LogP contribution in [0, 0.1) is 26.7 Å². The smallest absolute Gasteiger partial charge is 0.160 e. The number of ketones is 2. The first-order valence-electron chi connectivity index (χ1n) is 12.1. The topological polar surface area (TPSA) is 34.1 Å². The average molecular weight is 413 g/mol. The molecular formula is C28H44O2. The molecule has 2 heteroatoms. The first-order valence-corrected chi connectivity index (χ1v) is 12.1. The number of rotatable bonds is 14. The van der Waals surface area contributed by atoms with Gasteiger partial charge in [-0.15, -0.1) is 0 Å². The second-order valence-corrected chi connectivity index (χ2v) is 9.12. The average Bonchev–Trinajstić information content (AvgIpc) is 2.66. The highest BCUT2D eigenvalue weighted by molar-refractivity contribution is 6.21. The second-order valence-electron chi connectivity index (χ2n) is 9.12. The van der Waals surface area contributed by atoms with E-state index in [1.807, 2.05) is 0 Å². The highest BCUT2D eigenvalue weighted by Gasteiger charge is 2.22. The van der Waals surface area contributed by atoms with Crippen molar-refractivity contribution in [2.24, 2.45) is 5.92 Å². The van der Waals surface area contributed by atoms with Crippen LogP contribution in [0.2, 0.25) is 0 Å². The molecular weight excluding hydrogens is 368 g/mol. The summed E-state index contributed by atoms with van der Waals surface area (Å²) >= 11 is 0. The van der Waals surface area contributed by atoms with Gasteiger partial charge in [0.25, 0.3) is 0 Å². The normalized spacial score (nSPS) is 13.2. The summed E-state index contributed by atoms with van der Waals surface area (Å²) in [4.78, 5) is 25.4. The van der Waals surface area contributed by atoms with Crippen molar-refractivity contribution in [1.29, 1.82) is 0 Å². The summed E-state index contributed by atoms with van der Waals surface area (Å²) in [5.74, 6) is 0.779. The van der Waals surface area contributed by atoms with Crippen molar-refractivity contribution < 1.29 is 9.59 Å². The van der Waals surface area contributed by atoms with E-state index in [9.17, 15) is 9.59 Å². The van der Waals surface area contributed by atoms with Crippen LogP contribution in [-0.4, -0.2) is 11.6 Å². The van der Waals surface area contributed by atoms with Gasteiger partial charge in [0.2, 0.25) is 0 Å². The van der Waals surface area contributed by atoms with Gasteiger partial charge in [-0.05, 0) is 69.6 Å². The van der Waals surface area contributed by atoms with Gasteiger partial charge in [0, 0.05) is 18.4 Å². The van der Waals surface area contributed by atoms with Crippen LogP contribution in [0.3, 0.4) is 0 Å². The summed E-state index contributed by atoms with van der Waals surface area (Å²) in [5.41, 5.74) is 6.69. The van der Waals surface area contributed by atoms with Gasteiger partial charge in [0.15, 0.2) is 5.78 Å². The number of hydrogen-bond donors (Lipinski definition) is 0. The summed E-state index contributed by atoms with van der Waals surface area (Å²) in [6.07, 6.45) is 9.81. The SMILES string of the molecule is CCCCCC(=O)CC/C(=C(/C(C)=O)c1c(C)cc(C)cc1C)C(C)CCCCC. The van der Waals surface area contributed by atoms with E-state index in [-0.39, 0.29) is 5.78 Å². The van der Waals surface area contributed by atoms with E-state index in [0.29, 0.717) is 31.0 Å². The molecule has 0 aliphatic heterocycles. The van der Waals surface area contributed by atoms with Crippen molar-refractivity contribution in [3.05, 3.63) is 40.0 Å². The Balaban J connectivity index is 3.33. The standard InChI is InChI=1S/C28H44O2/c1-8-10-12-14-21(4)26(17-16-25(30)15-13-11-9-2)28(24(7)29)27-22(5)18-20(3)19-23(27)6/h18-19,21H,8-17H2,1-7H3/b28-26+. The fourth-order valence-corrected chi connectivity index (χ4v) is 4.60. The molecule has 0 N–H and O–H groups in total. The quantitative estimate of drug-likeness (QED) is 0.228. The van der Waals surface area contributed by atoms with Crippen LogP contribution in [0.5, 0.6) is 0 Å². The van der Waals surface area contributed by atoms with Crippen molar-refractivity contribution in [1.82, 2.24) is 0 Å². The van der Waals surface area contributed by atoms with Gasteiger partial charge >= 0.3 is 0 Å². The summed E-state index contributed by atoms with van der Waals surface area (Å²) in [6.45, 7) is 14.6. The Labute approximate surface area is 185 Å². The van der Waals surface area contributed by atoms with Crippen LogP contribution in [0.1, 0.15) is 114 Å². The van der Waals surface area contributed by atoms with Gasteiger partial charge in [-0.1, -0.05) is 76.1 Å². The minimum atomic E-state index is 0.126. The van der Waals surface area contributed by atoms with E-state index in [1.165, 1.54) is 30.4 Å². The lowest BCUT2D eigenvalue weighted by Gasteiger charge is -2.23. The molecule has 1 atom stereocenters. The monoisotopic (exact) mass is 412 g/mol. The number of unbranched alkanes of at least 4 members (excludes halogenated alkanes) is 4. The third-order valence-corrected chi connectivity index (χ3v) is 6.17. The Bertz CT molecular complexity index is 716. The van der Waals surface area contributed by atoms with Crippen LogP contribution < -0.4 is 0 Å². The van der Waals surface area contributed by atoms with Crippen molar-refractivity contribution in [2.45, 2.75) is 113 Å². The Morgan fingerprint density at radius 1 is 0.833 bits per heavy atom. The second kappa shape index (κ2) is 13.6. The Morgan fingerprint density at radius 2 is 1.40 bits per heavy atom. The zero-order valence-electron chi connectivity index (χ0n) is 20.6. The van der Waals surface area contributed by atoms with Crippen molar-refractivity contribution in [3.63, 3.8) is 0 Å². The van der Waals surface area contributed by atoms with Gasteiger partial charge in [-0.25, -0.2) is 0 Å². The molecule has 0 aromatic heterocycles. The first kappa shape index (κ1) is 26.3. The molecule has 0 heterocycles. The molecule has 2 nitrogen and oxygen atoms in total. The van der Waals surface area contributed by atoms with Crippen molar-refractivity contribution in [3.8, 4) is 0 Å². The predicted molar refractivity (Wildman–Crippen MR) is 130 cm³/mol. The molecule has 0 amide bonds. The van der Waals surface area contributed by atoms with Crippen molar-refractivity contribution >= 4 is 17.1 Å². The van der Waals surface area contributed by atoms with Crippen LogP contribution in [-0.2, 0) is 9.59 Å². The first-order chi connectivity index (χ1) is 14.2. The lowest BCUT2D eigenvalue weighted by atomic mass is 9.81. The van der Waals surface area contributed by atoms with Gasteiger partial charge in [0.05, 0.1) is 0 Å². The third-order valence-electron chi connectivity index (χ3n) is 6.17. The van der Waals surface area contributed by atoms with E-state index in [2.05, 4.69) is 53.7 Å². The summed E-state index contributed by atoms with van der Waals surface area (Å²) in [6, 6.07) is 4.33.